The van der Waals surface area contributed by atoms with Crippen molar-refractivity contribution < 1.29 is 14.4 Å². The molecule has 6 nitrogen and oxygen atoms in total. The molecule has 0 aliphatic carbocycles. The molecule has 1 aromatic carbocycles. The summed E-state index contributed by atoms with van der Waals surface area (Å²) in [7, 11) is 0. The lowest BCUT2D eigenvalue weighted by atomic mass is 10.1. The number of nitrogens with two attached hydrogens (primary N) is 1. The average Bonchev–Trinajstić information content (AvgIpc) is 2.39. The van der Waals surface area contributed by atoms with Crippen molar-refractivity contribution in [3.63, 3.8) is 0 Å². The molecular formula is C12H13N3O3S. The first-order valence-corrected chi connectivity index (χ1v) is 6.80. The van der Waals surface area contributed by atoms with Crippen LogP contribution >= 0.6 is 11.8 Å². The predicted molar refractivity (Wildman–Crippen MR) is 72.8 cm³/mol. The van der Waals surface area contributed by atoms with Gasteiger partial charge in [-0.2, -0.15) is 0 Å². The summed E-state index contributed by atoms with van der Waals surface area (Å²) >= 11 is 1.40. The van der Waals surface area contributed by atoms with Gasteiger partial charge in [-0.3, -0.25) is 14.4 Å². The number of anilines is 1. The molecular weight excluding hydrogens is 266 g/mol. The zero-order valence-electron chi connectivity index (χ0n) is 10.0. The quantitative estimate of drug-likeness (QED) is 0.722. The van der Waals surface area contributed by atoms with E-state index in [1.807, 2.05) is 0 Å². The summed E-state index contributed by atoms with van der Waals surface area (Å²) in [5, 5.41) is 5.21. The Hall–Kier alpha value is -2.02. The van der Waals surface area contributed by atoms with Gasteiger partial charge in [-0.1, -0.05) is 12.1 Å². The Balaban J connectivity index is 2.10. The van der Waals surface area contributed by atoms with E-state index in [0.29, 0.717) is 17.2 Å². The molecule has 2 rings (SSSR count). The van der Waals surface area contributed by atoms with Crippen molar-refractivity contribution in [3.05, 3.63) is 29.8 Å². The predicted octanol–water partition coefficient (Wildman–Crippen LogP) is -0.0444. The first kappa shape index (κ1) is 13.4. The summed E-state index contributed by atoms with van der Waals surface area (Å²) in [4.78, 5) is 34.4. The highest BCUT2D eigenvalue weighted by atomic mass is 32.2. The summed E-state index contributed by atoms with van der Waals surface area (Å²) in [5.41, 5.74) is 5.82. The number of para-hydroxylation sites is 1. The number of primary amides is 1. The first-order valence-electron chi connectivity index (χ1n) is 5.64. The standard InChI is InChI=1S/C12H13N3O3S/c13-11(17)7-3-1-2-4-8(7)15-12(18)9-5-19-6-10(16)14-9/h1-4,9H,5-6H2,(H2,13,17)(H,14,16)(H,15,18). The van der Waals surface area contributed by atoms with Crippen molar-refractivity contribution in [1.82, 2.24) is 5.32 Å². The van der Waals surface area contributed by atoms with Crippen LogP contribution in [0.2, 0.25) is 0 Å². The summed E-state index contributed by atoms with van der Waals surface area (Å²) in [6.45, 7) is 0. The monoisotopic (exact) mass is 279 g/mol. The fourth-order valence-corrected chi connectivity index (χ4v) is 2.57. The number of nitrogens with one attached hydrogen (secondary N) is 2. The van der Waals surface area contributed by atoms with Gasteiger partial charge >= 0.3 is 0 Å². The molecule has 0 bridgehead atoms. The van der Waals surface area contributed by atoms with Crippen LogP contribution in [0.1, 0.15) is 10.4 Å². The Morgan fingerprint density at radius 1 is 1.37 bits per heavy atom. The zero-order valence-corrected chi connectivity index (χ0v) is 10.8. The van der Waals surface area contributed by atoms with Gasteiger partial charge in [0.1, 0.15) is 6.04 Å². The van der Waals surface area contributed by atoms with Crippen LogP contribution in [0.5, 0.6) is 0 Å². The maximum Gasteiger partial charge on any atom is 0.250 e. The largest absolute Gasteiger partial charge is 0.366 e. The number of rotatable bonds is 3. The molecule has 1 aromatic rings. The van der Waals surface area contributed by atoms with E-state index < -0.39 is 11.9 Å². The van der Waals surface area contributed by atoms with Crippen molar-refractivity contribution in [1.29, 1.82) is 0 Å². The minimum Gasteiger partial charge on any atom is -0.366 e. The van der Waals surface area contributed by atoms with Gasteiger partial charge in [0.2, 0.25) is 11.8 Å². The molecule has 1 aliphatic rings. The van der Waals surface area contributed by atoms with E-state index >= 15 is 0 Å². The highest BCUT2D eigenvalue weighted by molar-refractivity contribution is 8.00. The molecule has 1 atom stereocenters. The molecule has 1 heterocycles. The van der Waals surface area contributed by atoms with Gasteiger partial charge < -0.3 is 16.4 Å². The molecule has 19 heavy (non-hydrogen) atoms. The van der Waals surface area contributed by atoms with Gasteiger partial charge in [-0.05, 0) is 12.1 Å². The van der Waals surface area contributed by atoms with Crippen LogP contribution in [-0.2, 0) is 9.59 Å². The minimum absolute atomic E-state index is 0.167. The maximum atomic E-state index is 12.0. The molecule has 100 valence electrons. The lowest BCUT2D eigenvalue weighted by Crippen LogP contribution is -2.49. The molecule has 0 saturated carbocycles. The first-order chi connectivity index (χ1) is 9.08. The van der Waals surface area contributed by atoms with Gasteiger partial charge in [-0.25, -0.2) is 0 Å². The molecule has 1 saturated heterocycles. The summed E-state index contributed by atoms with van der Waals surface area (Å²) < 4.78 is 0. The maximum absolute atomic E-state index is 12.0. The van der Waals surface area contributed by atoms with Crippen molar-refractivity contribution >= 4 is 35.2 Å². The topological polar surface area (TPSA) is 101 Å². The summed E-state index contributed by atoms with van der Waals surface area (Å²) in [5.74, 6) is -0.260. The van der Waals surface area contributed by atoms with Crippen LogP contribution < -0.4 is 16.4 Å². The van der Waals surface area contributed by atoms with Crippen LogP contribution in [0.4, 0.5) is 5.69 Å². The lowest BCUT2D eigenvalue weighted by Gasteiger charge is -2.22. The van der Waals surface area contributed by atoms with Gasteiger partial charge in [0, 0.05) is 5.75 Å². The van der Waals surface area contributed by atoms with Crippen molar-refractivity contribution in [2.45, 2.75) is 6.04 Å². The lowest BCUT2D eigenvalue weighted by molar-refractivity contribution is -0.124. The summed E-state index contributed by atoms with van der Waals surface area (Å²) in [6.07, 6.45) is 0. The van der Waals surface area contributed by atoms with E-state index in [-0.39, 0.29) is 17.4 Å². The van der Waals surface area contributed by atoms with Crippen molar-refractivity contribution in [2.75, 3.05) is 16.8 Å². The smallest absolute Gasteiger partial charge is 0.250 e. The van der Waals surface area contributed by atoms with Crippen molar-refractivity contribution in [2.24, 2.45) is 5.73 Å². The molecule has 3 amide bonds. The second kappa shape index (κ2) is 5.75. The normalized spacial score (nSPS) is 18.5. The molecule has 0 aromatic heterocycles. The van der Waals surface area contributed by atoms with Crippen LogP contribution in [0, 0.1) is 0 Å². The number of carbonyl (C=O) groups is 3. The van der Waals surface area contributed by atoms with E-state index in [4.69, 9.17) is 5.73 Å². The molecule has 0 spiro atoms. The molecule has 4 N–H and O–H groups in total. The minimum atomic E-state index is -0.613. The molecule has 0 radical (unpaired) electrons. The average molecular weight is 279 g/mol. The third kappa shape index (κ3) is 3.25. The summed E-state index contributed by atoms with van der Waals surface area (Å²) in [6, 6.07) is 5.89. The molecule has 7 heteroatoms. The van der Waals surface area contributed by atoms with E-state index in [1.165, 1.54) is 17.8 Å². The Bertz CT molecular complexity index is 533. The molecule has 1 fully saturated rings. The number of carbonyl (C=O) groups excluding carboxylic acids is 3. The zero-order chi connectivity index (χ0) is 13.8. The number of hydrogen-bond acceptors (Lipinski definition) is 4. The third-order valence-corrected chi connectivity index (χ3v) is 3.66. The SMILES string of the molecule is NC(=O)c1ccccc1NC(=O)C1CSCC(=O)N1. The Morgan fingerprint density at radius 2 is 2.11 bits per heavy atom. The van der Waals surface area contributed by atoms with E-state index in [1.54, 1.807) is 18.2 Å². The van der Waals surface area contributed by atoms with Crippen LogP contribution in [0.15, 0.2) is 24.3 Å². The Kier molecular flexibility index (Phi) is 4.06. The number of amides is 3. The Labute approximate surface area is 114 Å². The number of benzene rings is 1. The van der Waals surface area contributed by atoms with Crippen LogP contribution in [0.3, 0.4) is 0 Å². The van der Waals surface area contributed by atoms with Gasteiger partial charge in [0.25, 0.3) is 5.91 Å². The van der Waals surface area contributed by atoms with Gasteiger partial charge in [0.05, 0.1) is 17.0 Å². The van der Waals surface area contributed by atoms with Gasteiger partial charge in [0.15, 0.2) is 0 Å². The van der Waals surface area contributed by atoms with E-state index in [9.17, 15) is 14.4 Å². The molecule has 1 unspecified atom stereocenters. The van der Waals surface area contributed by atoms with Crippen LogP contribution in [-0.4, -0.2) is 35.3 Å². The number of hydrogen-bond donors (Lipinski definition) is 3. The Morgan fingerprint density at radius 3 is 2.79 bits per heavy atom. The van der Waals surface area contributed by atoms with Crippen LogP contribution in [0.25, 0.3) is 0 Å². The third-order valence-electron chi connectivity index (χ3n) is 2.62. The second-order valence-corrected chi connectivity index (χ2v) is 5.06. The van der Waals surface area contributed by atoms with Crippen molar-refractivity contribution in [3.8, 4) is 0 Å². The highest BCUT2D eigenvalue weighted by Crippen LogP contribution is 2.16. The van der Waals surface area contributed by atoms with E-state index in [2.05, 4.69) is 10.6 Å². The fourth-order valence-electron chi connectivity index (χ4n) is 1.72. The highest BCUT2D eigenvalue weighted by Gasteiger charge is 2.25. The fraction of sp³-hybridized carbons (Fsp3) is 0.250. The molecule has 1 aliphatic heterocycles. The number of thioether (sulfide) groups is 1. The van der Waals surface area contributed by atoms with E-state index in [0.717, 1.165) is 0 Å². The van der Waals surface area contributed by atoms with Gasteiger partial charge in [-0.15, -0.1) is 11.8 Å². The second-order valence-electron chi connectivity index (χ2n) is 4.03.